The molecule has 2 fully saturated rings. The van der Waals surface area contributed by atoms with Crippen molar-refractivity contribution in [1.29, 1.82) is 0 Å². The summed E-state index contributed by atoms with van der Waals surface area (Å²) in [5.41, 5.74) is 7.58. The van der Waals surface area contributed by atoms with Crippen LogP contribution in [0, 0.1) is 5.92 Å². The van der Waals surface area contributed by atoms with Gasteiger partial charge in [-0.25, -0.2) is 9.97 Å². The third-order valence-corrected chi connectivity index (χ3v) is 5.93. The summed E-state index contributed by atoms with van der Waals surface area (Å²) in [5, 5.41) is 0.562. The third-order valence-electron chi connectivity index (χ3n) is 5.09. The van der Waals surface area contributed by atoms with Gasteiger partial charge in [0.1, 0.15) is 0 Å². The van der Waals surface area contributed by atoms with Gasteiger partial charge in [-0.05, 0) is 37.8 Å². The Morgan fingerprint density at radius 3 is 2.67 bits per heavy atom. The zero-order valence-corrected chi connectivity index (χ0v) is 14.4. The molecule has 4 rings (SSSR count). The van der Waals surface area contributed by atoms with Crippen molar-refractivity contribution < 1.29 is 9.53 Å². The van der Waals surface area contributed by atoms with Crippen molar-refractivity contribution in [2.45, 2.75) is 31.6 Å². The largest absolute Gasteiger partial charge is 0.381 e. The van der Waals surface area contributed by atoms with E-state index in [2.05, 4.69) is 22.1 Å². The quantitative estimate of drug-likeness (QED) is 0.903. The number of piperidine rings is 1. The van der Waals surface area contributed by atoms with Gasteiger partial charge in [-0.3, -0.25) is 4.79 Å². The van der Waals surface area contributed by atoms with Gasteiger partial charge in [-0.2, -0.15) is 0 Å². The predicted molar refractivity (Wildman–Crippen MR) is 93.9 cm³/mol. The van der Waals surface area contributed by atoms with Crippen LogP contribution in [0.15, 0.2) is 12.1 Å². The van der Waals surface area contributed by atoms with Crippen LogP contribution in [0.25, 0.3) is 10.3 Å². The Kier molecular flexibility index (Phi) is 4.37. The van der Waals surface area contributed by atoms with E-state index in [1.165, 1.54) is 11.3 Å². The minimum absolute atomic E-state index is 0.155. The van der Waals surface area contributed by atoms with Gasteiger partial charge < -0.3 is 15.4 Å². The Hall–Kier alpha value is -1.73. The lowest BCUT2D eigenvalue weighted by Crippen LogP contribution is -2.42. The van der Waals surface area contributed by atoms with E-state index in [0.29, 0.717) is 30.2 Å². The van der Waals surface area contributed by atoms with Crippen LogP contribution in [0.4, 0.5) is 5.13 Å². The lowest BCUT2D eigenvalue weighted by Gasteiger charge is -2.35. The van der Waals surface area contributed by atoms with Crippen molar-refractivity contribution in [3.8, 4) is 0 Å². The first-order valence-electron chi connectivity index (χ1n) is 8.60. The summed E-state index contributed by atoms with van der Waals surface area (Å²) in [4.78, 5) is 23.6. The molecule has 4 heterocycles. The molecule has 0 aliphatic carbocycles. The van der Waals surface area contributed by atoms with Gasteiger partial charge in [-0.1, -0.05) is 11.3 Å². The van der Waals surface area contributed by atoms with Crippen LogP contribution in [0.5, 0.6) is 0 Å². The summed E-state index contributed by atoms with van der Waals surface area (Å²) in [5.74, 6) is 0.867. The number of carbonyl (C=O) groups excluding carboxylic acids is 1. The van der Waals surface area contributed by atoms with Gasteiger partial charge >= 0.3 is 0 Å². The van der Waals surface area contributed by atoms with Gasteiger partial charge in [0.05, 0.1) is 4.70 Å². The van der Waals surface area contributed by atoms with Gasteiger partial charge in [-0.15, -0.1) is 0 Å². The van der Waals surface area contributed by atoms with Crippen LogP contribution in [-0.2, 0) is 9.53 Å². The summed E-state index contributed by atoms with van der Waals surface area (Å²) in [6.45, 7) is 3.07. The molecule has 0 bridgehead atoms. The number of nitrogens with zero attached hydrogens (tertiary/aromatic N) is 3. The van der Waals surface area contributed by atoms with E-state index >= 15 is 0 Å². The monoisotopic (exact) mass is 346 g/mol. The number of amides is 1. The van der Waals surface area contributed by atoms with Crippen LogP contribution in [-0.4, -0.2) is 47.1 Å². The number of likely N-dealkylation sites (tertiary alicyclic amines) is 1. The summed E-state index contributed by atoms with van der Waals surface area (Å²) >= 11 is 1.47. The molecule has 2 aliphatic heterocycles. The first kappa shape index (κ1) is 15.8. The van der Waals surface area contributed by atoms with Crippen molar-refractivity contribution in [3.05, 3.63) is 17.8 Å². The average molecular weight is 346 g/mol. The van der Waals surface area contributed by atoms with E-state index in [0.717, 1.165) is 54.8 Å². The number of carbonyl (C=O) groups is 1. The molecule has 2 aromatic heterocycles. The van der Waals surface area contributed by atoms with Gasteiger partial charge in [0, 0.05) is 43.8 Å². The molecule has 2 aromatic rings. The van der Waals surface area contributed by atoms with E-state index in [1.54, 1.807) is 0 Å². The predicted octanol–water partition coefficient (Wildman–Crippen LogP) is 2.41. The highest BCUT2D eigenvalue weighted by Gasteiger charge is 2.30. The summed E-state index contributed by atoms with van der Waals surface area (Å²) in [6, 6.07) is 4.14. The first-order valence-corrected chi connectivity index (χ1v) is 9.42. The number of nitrogen functional groups attached to an aromatic ring is 1. The van der Waals surface area contributed by atoms with Gasteiger partial charge in [0.25, 0.3) is 0 Å². The molecular weight excluding hydrogens is 324 g/mol. The lowest BCUT2D eigenvalue weighted by molar-refractivity contribution is -0.139. The summed E-state index contributed by atoms with van der Waals surface area (Å²) in [6.07, 6.45) is 3.66. The molecule has 2 saturated heterocycles. The number of ether oxygens (including phenoxy) is 1. The highest BCUT2D eigenvalue weighted by Crippen LogP contribution is 2.31. The number of aromatic nitrogens is 2. The smallest absolute Gasteiger partial charge is 0.225 e. The fourth-order valence-corrected chi connectivity index (χ4v) is 4.35. The Labute approximate surface area is 145 Å². The van der Waals surface area contributed by atoms with Crippen LogP contribution >= 0.6 is 11.3 Å². The number of hydrogen-bond acceptors (Lipinski definition) is 6. The van der Waals surface area contributed by atoms with E-state index in [4.69, 9.17) is 10.5 Å². The van der Waals surface area contributed by atoms with E-state index < -0.39 is 0 Å². The van der Waals surface area contributed by atoms with Crippen molar-refractivity contribution in [3.63, 3.8) is 0 Å². The molecule has 24 heavy (non-hydrogen) atoms. The minimum Gasteiger partial charge on any atom is -0.381 e. The van der Waals surface area contributed by atoms with Crippen LogP contribution in [0.1, 0.15) is 37.3 Å². The Morgan fingerprint density at radius 2 is 1.92 bits per heavy atom. The second-order valence-electron chi connectivity index (χ2n) is 6.60. The van der Waals surface area contributed by atoms with E-state index in [-0.39, 0.29) is 5.92 Å². The number of thiazole rings is 1. The fraction of sp³-hybridized carbons (Fsp3) is 0.588. The minimum atomic E-state index is 0.155. The molecule has 0 unspecified atom stereocenters. The molecule has 0 aromatic carbocycles. The number of pyridine rings is 1. The summed E-state index contributed by atoms with van der Waals surface area (Å²) < 4.78 is 6.39. The molecule has 0 spiro atoms. The SMILES string of the molecule is Nc1nc2nc(C3CCN(C(=O)C4CCOCC4)CC3)ccc2s1. The number of fused-ring (bicyclic) bond motifs is 1. The number of nitrogens with two attached hydrogens (primary N) is 1. The van der Waals surface area contributed by atoms with Crippen molar-refractivity contribution in [1.82, 2.24) is 14.9 Å². The average Bonchev–Trinajstić information content (AvgIpc) is 3.01. The molecule has 2 N–H and O–H groups in total. The van der Waals surface area contributed by atoms with Gasteiger partial charge in [0.15, 0.2) is 10.8 Å². The van der Waals surface area contributed by atoms with E-state index in [1.807, 2.05) is 4.90 Å². The topological polar surface area (TPSA) is 81.3 Å². The molecule has 1 amide bonds. The van der Waals surface area contributed by atoms with Crippen LogP contribution < -0.4 is 5.73 Å². The second-order valence-corrected chi connectivity index (χ2v) is 7.66. The normalized spacial score (nSPS) is 20.6. The number of rotatable bonds is 2. The zero-order valence-electron chi connectivity index (χ0n) is 13.6. The maximum absolute atomic E-state index is 12.6. The Morgan fingerprint density at radius 1 is 1.17 bits per heavy atom. The molecule has 128 valence electrons. The Balaban J connectivity index is 1.40. The van der Waals surface area contributed by atoms with Crippen molar-refractivity contribution >= 4 is 32.7 Å². The van der Waals surface area contributed by atoms with Gasteiger partial charge in [0.2, 0.25) is 5.91 Å². The van der Waals surface area contributed by atoms with Crippen LogP contribution in [0.2, 0.25) is 0 Å². The maximum atomic E-state index is 12.6. The fourth-order valence-electron chi connectivity index (χ4n) is 3.68. The lowest BCUT2D eigenvalue weighted by atomic mass is 9.91. The first-order chi connectivity index (χ1) is 11.7. The third kappa shape index (κ3) is 3.10. The van der Waals surface area contributed by atoms with Crippen LogP contribution in [0.3, 0.4) is 0 Å². The highest BCUT2D eigenvalue weighted by molar-refractivity contribution is 7.21. The molecule has 0 atom stereocenters. The van der Waals surface area contributed by atoms with Crippen molar-refractivity contribution in [2.24, 2.45) is 5.92 Å². The molecular formula is C17H22N4O2S. The zero-order chi connectivity index (χ0) is 16.5. The molecule has 2 aliphatic rings. The molecule has 7 heteroatoms. The molecule has 0 radical (unpaired) electrons. The molecule has 0 saturated carbocycles. The van der Waals surface area contributed by atoms with Crippen molar-refractivity contribution in [2.75, 3.05) is 32.0 Å². The second kappa shape index (κ2) is 6.64. The molecule has 6 nitrogen and oxygen atoms in total. The number of anilines is 1. The number of hydrogen-bond donors (Lipinski definition) is 1. The summed E-state index contributed by atoms with van der Waals surface area (Å²) in [7, 11) is 0. The highest BCUT2D eigenvalue weighted by atomic mass is 32.1. The Bertz CT molecular complexity index is 733. The maximum Gasteiger partial charge on any atom is 0.225 e. The van der Waals surface area contributed by atoms with E-state index in [9.17, 15) is 4.79 Å². The standard InChI is InChI=1S/C17H22N4O2S/c18-17-20-15-14(24-17)2-1-13(19-15)11-3-7-21(8-4-11)16(22)12-5-9-23-10-6-12/h1-2,11-12H,3-10H2,(H2,18,19,20).